The highest BCUT2D eigenvalue weighted by Gasteiger charge is 2.28. The third-order valence-corrected chi connectivity index (χ3v) is 5.10. The molecule has 1 atom stereocenters. The number of non-ortho nitro benzene ring substituents is 1. The van der Waals surface area contributed by atoms with Crippen molar-refractivity contribution in [1.82, 2.24) is 4.31 Å². The Kier molecular flexibility index (Phi) is 4.48. The van der Waals surface area contributed by atoms with Gasteiger partial charge in [-0.1, -0.05) is 6.92 Å². The first-order chi connectivity index (χ1) is 8.71. The fourth-order valence-electron chi connectivity index (χ4n) is 1.51. The van der Waals surface area contributed by atoms with E-state index in [1.807, 2.05) is 6.92 Å². The fraction of sp³-hybridized carbons (Fsp3) is 0.455. The summed E-state index contributed by atoms with van der Waals surface area (Å²) >= 11 is 0. The minimum atomic E-state index is -3.83. The van der Waals surface area contributed by atoms with Crippen molar-refractivity contribution in [3.8, 4) is 0 Å². The van der Waals surface area contributed by atoms with E-state index in [0.717, 1.165) is 6.07 Å². The number of hydrogen-bond donors (Lipinski definition) is 1. The zero-order valence-corrected chi connectivity index (χ0v) is 11.8. The molecule has 0 radical (unpaired) electrons. The molecule has 106 valence electrons. The highest BCUT2D eigenvalue weighted by Crippen LogP contribution is 2.27. The van der Waals surface area contributed by atoms with Crippen molar-refractivity contribution >= 4 is 21.4 Å². The van der Waals surface area contributed by atoms with Crippen LogP contribution in [0.1, 0.15) is 20.3 Å². The molecule has 0 saturated carbocycles. The topological polar surface area (TPSA) is 107 Å². The Bertz CT molecular complexity index is 586. The van der Waals surface area contributed by atoms with Crippen molar-refractivity contribution < 1.29 is 13.3 Å². The second-order valence-electron chi connectivity index (χ2n) is 4.26. The van der Waals surface area contributed by atoms with E-state index in [9.17, 15) is 18.5 Å². The van der Waals surface area contributed by atoms with Crippen molar-refractivity contribution in [3.63, 3.8) is 0 Å². The number of anilines is 1. The van der Waals surface area contributed by atoms with Gasteiger partial charge in [0.1, 0.15) is 4.90 Å². The first-order valence-corrected chi connectivity index (χ1v) is 7.17. The van der Waals surface area contributed by atoms with Gasteiger partial charge in [0, 0.05) is 25.2 Å². The standard InChI is InChI=1S/C11H17N3O4S/c1-4-8(2)13(3)19(17,18)11-7-9(14(15)16)5-6-10(11)12/h5-8H,4,12H2,1-3H3. The molecule has 19 heavy (non-hydrogen) atoms. The van der Waals surface area contributed by atoms with E-state index in [1.165, 1.54) is 23.5 Å². The number of nitrogen functional groups attached to an aromatic ring is 1. The normalized spacial score (nSPS) is 13.5. The van der Waals surface area contributed by atoms with Gasteiger partial charge in [-0.15, -0.1) is 0 Å². The number of nitro groups is 1. The molecular weight excluding hydrogens is 270 g/mol. The van der Waals surface area contributed by atoms with Gasteiger partial charge >= 0.3 is 0 Å². The number of nitro benzene ring substituents is 1. The van der Waals surface area contributed by atoms with Crippen molar-refractivity contribution in [2.75, 3.05) is 12.8 Å². The monoisotopic (exact) mass is 287 g/mol. The van der Waals surface area contributed by atoms with Crippen LogP contribution in [-0.2, 0) is 10.0 Å². The molecular formula is C11H17N3O4S. The largest absolute Gasteiger partial charge is 0.398 e. The lowest BCUT2D eigenvalue weighted by atomic mass is 10.3. The molecule has 0 aliphatic rings. The van der Waals surface area contributed by atoms with Gasteiger partial charge in [0.05, 0.1) is 10.6 Å². The molecule has 7 nitrogen and oxygen atoms in total. The molecule has 2 N–H and O–H groups in total. The summed E-state index contributed by atoms with van der Waals surface area (Å²) in [4.78, 5) is 9.82. The third-order valence-electron chi connectivity index (χ3n) is 3.08. The number of sulfonamides is 1. The number of hydrogen-bond acceptors (Lipinski definition) is 5. The molecule has 0 fully saturated rings. The van der Waals surface area contributed by atoms with Crippen molar-refractivity contribution in [2.45, 2.75) is 31.2 Å². The van der Waals surface area contributed by atoms with E-state index >= 15 is 0 Å². The second kappa shape index (κ2) is 5.54. The number of rotatable bonds is 5. The molecule has 1 rings (SSSR count). The quantitative estimate of drug-likeness (QED) is 0.503. The maximum atomic E-state index is 12.4. The lowest BCUT2D eigenvalue weighted by Crippen LogP contribution is -2.35. The molecule has 0 aliphatic heterocycles. The van der Waals surface area contributed by atoms with Crippen LogP contribution in [0.4, 0.5) is 11.4 Å². The van der Waals surface area contributed by atoms with E-state index in [4.69, 9.17) is 5.73 Å². The summed E-state index contributed by atoms with van der Waals surface area (Å²) < 4.78 is 25.9. The molecule has 0 heterocycles. The molecule has 0 bridgehead atoms. The predicted molar refractivity (Wildman–Crippen MR) is 72.2 cm³/mol. The summed E-state index contributed by atoms with van der Waals surface area (Å²) in [5.41, 5.74) is 5.33. The van der Waals surface area contributed by atoms with Gasteiger partial charge < -0.3 is 5.73 Å². The fourth-order valence-corrected chi connectivity index (χ4v) is 3.08. The number of nitrogens with two attached hydrogens (primary N) is 1. The summed E-state index contributed by atoms with van der Waals surface area (Å²) in [5, 5.41) is 10.7. The molecule has 1 aromatic carbocycles. The Morgan fingerprint density at radius 1 is 1.47 bits per heavy atom. The van der Waals surface area contributed by atoms with Gasteiger partial charge in [-0.2, -0.15) is 4.31 Å². The Labute approximate surface area is 112 Å². The van der Waals surface area contributed by atoms with Crippen LogP contribution >= 0.6 is 0 Å². The van der Waals surface area contributed by atoms with Crippen molar-refractivity contribution in [1.29, 1.82) is 0 Å². The van der Waals surface area contributed by atoms with Crippen LogP contribution < -0.4 is 5.73 Å². The van der Waals surface area contributed by atoms with Gasteiger partial charge in [0.2, 0.25) is 10.0 Å². The molecule has 8 heteroatoms. The molecule has 1 unspecified atom stereocenters. The van der Waals surface area contributed by atoms with Gasteiger partial charge in [-0.05, 0) is 19.4 Å². The highest BCUT2D eigenvalue weighted by molar-refractivity contribution is 7.89. The predicted octanol–water partition coefficient (Wildman–Crippen LogP) is 1.60. The Balaban J connectivity index is 3.36. The highest BCUT2D eigenvalue weighted by atomic mass is 32.2. The summed E-state index contributed by atoms with van der Waals surface area (Å²) in [7, 11) is -2.40. The van der Waals surface area contributed by atoms with Crippen LogP contribution in [-0.4, -0.2) is 30.7 Å². The minimum absolute atomic E-state index is 0.000697. The Morgan fingerprint density at radius 2 is 2.05 bits per heavy atom. The van der Waals surface area contributed by atoms with Crippen LogP contribution in [0.25, 0.3) is 0 Å². The van der Waals surface area contributed by atoms with E-state index in [2.05, 4.69) is 0 Å². The molecule has 0 spiro atoms. The molecule has 0 aliphatic carbocycles. The summed E-state index contributed by atoms with van der Waals surface area (Å²) in [6, 6.07) is 3.18. The summed E-state index contributed by atoms with van der Waals surface area (Å²) in [6.07, 6.45) is 0.630. The average molecular weight is 287 g/mol. The zero-order valence-electron chi connectivity index (χ0n) is 11.0. The van der Waals surface area contributed by atoms with Crippen LogP contribution in [0.3, 0.4) is 0 Å². The molecule has 1 aromatic rings. The van der Waals surface area contributed by atoms with E-state index < -0.39 is 14.9 Å². The lowest BCUT2D eigenvalue weighted by Gasteiger charge is -2.23. The van der Waals surface area contributed by atoms with E-state index in [0.29, 0.717) is 6.42 Å². The van der Waals surface area contributed by atoms with Gasteiger partial charge in [0.25, 0.3) is 5.69 Å². The van der Waals surface area contributed by atoms with Crippen LogP contribution in [0, 0.1) is 10.1 Å². The van der Waals surface area contributed by atoms with E-state index in [1.54, 1.807) is 6.92 Å². The van der Waals surface area contributed by atoms with Crippen LogP contribution in [0.2, 0.25) is 0 Å². The van der Waals surface area contributed by atoms with E-state index in [-0.39, 0.29) is 22.3 Å². The number of benzene rings is 1. The minimum Gasteiger partial charge on any atom is -0.398 e. The van der Waals surface area contributed by atoms with Gasteiger partial charge in [-0.3, -0.25) is 10.1 Å². The first-order valence-electron chi connectivity index (χ1n) is 5.73. The summed E-state index contributed by atoms with van der Waals surface area (Å²) in [5.74, 6) is 0. The SMILES string of the molecule is CCC(C)N(C)S(=O)(=O)c1cc([N+](=O)[O-])ccc1N. The first kappa shape index (κ1) is 15.4. The Hall–Kier alpha value is -1.67. The van der Waals surface area contributed by atoms with Crippen LogP contribution in [0.5, 0.6) is 0 Å². The maximum absolute atomic E-state index is 12.4. The third kappa shape index (κ3) is 3.02. The second-order valence-corrected chi connectivity index (χ2v) is 6.22. The average Bonchev–Trinajstić information content (AvgIpc) is 2.36. The molecule has 0 aromatic heterocycles. The lowest BCUT2D eigenvalue weighted by molar-refractivity contribution is -0.385. The number of nitrogens with zero attached hydrogens (tertiary/aromatic N) is 2. The van der Waals surface area contributed by atoms with Gasteiger partial charge in [0.15, 0.2) is 0 Å². The van der Waals surface area contributed by atoms with Gasteiger partial charge in [-0.25, -0.2) is 8.42 Å². The molecule has 0 amide bonds. The van der Waals surface area contributed by atoms with Crippen molar-refractivity contribution in [3.05, 3.63) is 28.3 Å². The smallest absolute Gasteiger partial charge is 0.270 e. The van der Waals surface area contributed by atoms with Crippen molar-refractivity contribution in [2.24, 2.45) is 0 Å². The zero-order chi connectivity index (χ0) is 14.8. The van der Waals surface area contributed by atoms with Crippen LogP contribution in [0.15, 0.2) is 23.1 Å². The maximum Gasteiger partial charge on any atom is 0.270 e. The molecule has 0 saturated heterocycles. The summed E-state index contributed by atoms with van der Waals surface area (Å²) in [6.45, 7) is 3.61. The Morgan fingerprint density at radius 3 is 2.53 bits per heavy atom.